The summed E-state index contributed by atoms with van der Waals surface area (Å²) in [4.78, 5) is 5.03. The number of aryl methyl sites for hydroxylation is 1. The highest BCUT2D eigenvalue weighted by molar-refractivity contribution is 7.93. The smallest absolute Gasteiger partial charge is 0.264 e. The summed E-state index contributed by atoms with van der Waals surface area (Å²) in [7, 11) is -3.71. The van der Waals surface area contributed by atoms with Crippen LogP contribution < -0.4 is 10.0 Å². The molecule has 0 spiro atoms. The highest BCUT2D eigenvalue weighted by atomic mass is 35.5. The summed E-state index contributed by atoms with van der Waals surface area (Å²) in [6.07, 6.45) is 1.49. The third kappa shape index (κ3) is 3.74. The van der Waals surface area contributed by atoms with Gasteiger partial charge in [0.25, 0.3) is 10.0 Å². The lowest BCUT2D eigenvalue weighted by Gasteiger charge is -2.10. The van der Waals surface area contributed by atoms with Gasteiger partial charge in [-0.05, 0) is 36.5 Å². The van der Waals surface area contributed by atoms with Crippen LogP contribution in [0.5, 0.6) is 0 Å². The average Bonchev–Trinajstić information content (AvgIpc) is 2.81. The number of hydrogen-bond donors (Lipinski definition) is 2. The number of nitrogens with one attached hydrogen (secondary N) is 2. The molecule has 2 rings (SSSR count). The lowest BCUT2D eigenvalue weighted by Crippen LogP contribution is -2.18. The van der Waals surface area contributed by atoms with E-state index < -0.39 is 10.0 Å². The molecule has 2 aromatic heterocycles. The van der Waals surface area contributed by atoms with E-state index in [1.807, 2.05) is 12.3 Å². The van der Waals surface area contributed by atoms with Crippen LogP contribution in [0, 0.1) is 6.92 Å². The molecule has 0 bridgehead atoms. The van der Waals surface area contributed by atoms with Gasteiger partial charge < -0.3 is 5.32 Å². The van der Waals surface area contributed by atoms with E-state index in [-0.39, 0.29) is 10.8 Å². The van der Waals surface area contributed by atoms with Crippen LogP contribution in [-0.4, -0.2) is 19.9 Å². The second kappa shape index (κ2) is 6.74. The highest BCUT2D eigenvalue weighted by Gasteiger charge is 2.24. The quantitative estimate of drug-likeness (QED) is 0.844. The van der Waals surface area contributed by atoms with Crippen molar-refractivity contribution in [1.82, 2.24) is 10.3 Å². The first-order valence-corrected chi connectivity index (χ1v) is 9.10. The predicted molar refractivity (Wildman–Crippen MR) is 86.5 cm³/mol. The number of hydrogen-bond acceptors (Lipinski definition) is 5. The first-order valence-electron chi connectivity index (χ1n) is 6.36. The van der Waals surface area contributed by atoms with E-state index in [0.717, 1.165) is 11.4 Å². The standard InChI is InChI=1S/C13H16ClN3O2S2/c1-3-15-7-11-12(9(2)8-20-11)21(18,19)17-13-10(14)5-4-6-16-13/h4-6,8,15H,3,7H2,1-2H3,(H,16,17). The minimum absolute atomic E-state index is 0.138. The van der Waals surface area contributed by atoms with Crippen LogP contribution in [0.2, 0.25) is 5.02 Å². The van der Waals surface area contributed by atoms with Gasteiger partial charge in [0, 0.05) is 17.6 Å². The Balaban J connectivity index is 2.36. The van der Waals surface area contributed by atoms with Crippen molar-refractivity contribution in [3.8, 4) is 0 Å². The number of rotatable bonds is 6. The number of aromatic nitrogens is 1. The Labute approximate surface area is 133 Å². The summed E-state index contributed by atoms with van der Waals surface area (Å²) in [6, 6.07) is 3.24. The van der Waals surface area contributed by atoms with E-state index in [1.165, 1.54) is 17.5 Å². The number of pyridine rings is 1. The molecule has 0 atom stereocenters. The maximum Gasteiger partial charge on any atom is 0.264 e. The minimum Gasteiger partial charge on any atom is -0.312 e. The Hall–Kier alpha value is -1.15. The van der Waals surface area contributed by atoms with Gasteiger partial charge in [0.1, 0.15) is 4.90 Å². The minimum atomic E-state index is -3.71. The molecular weight excluding hydrogens is 330 g/mol. The van der Waals surface area contributed by atoms with Crippen molar-refractivity contribution >= 4 is 38.8 Å². The van der Waals surface area contributed by atoms with Crippen LogP contribution in [0.15, 0.2) is 28.6 Å². The van der Waals surface area contributed by atoms with Gasteiger partial charge in [0.05, 0.1) is 5.02 Å². The van der Waals surface area contributed by atoms with Crippen LogP contribution in [0.25, 0.3) is 0 Å². The molecule has 114 valence electrons. The number of anilines is 1. The van der Waals surface area contributed by atoms with Gasteiger partial charge in [-0.15, -0.1) is 11.3 Å². The lowest BCUT2D eigenvalue weighted by molar-refractivity contribution is 0.598. The zero-order chi connectivity index (χ0) is 15.5. The fourth-order valence-electron chi connectivity index (χ4n) is 1.85. The Morgan fingerprint density at radius 3 is 2.86 bits per heavy atom. The van der Waals surface area contributed by atoms with Crippen LogP contribution in [0.3, 0.4) is 0 Å². The summed E-state index contributed by atoms with van der Waals surface area (Å²) >= 11 is 7.38. The molecule has 0 amide bonds. The van der Waals surface area contributed by atoms with Crippen molar-refractivity contribution in [2.24, 2.45) is 0 Å². The molecule has 0 aliphatic rings. The molecule has 0 saturated carbocycles. The monoisotopic (exact) mass is 345 g/mol. The maximum absolute atomic E-state index is 12.6. The van der Waals surface area contributed by atoms with E-state index in [1.54, 1.807) is 19.1 Å². The van der Waals surface area contributed by atoms with Crippen LogP contribution in [-0.2, 0) is 16.6 Å². The number of halogens is 1. The van der Waals surface area contributed by atoms with Gasteiger partial charge >= 0.3 is 0 Å². The molecule has 0 radical (unpaired) electrons. The summed E-state index contributed by atoms with van der Waals surface area (Å²) in [5.41, 5.74) is 0.715. The molecular formula is C13H16ClN3O2S2. The zero-order valence-corrected chi connectivity index (χ0v) is 14.1. The number of sulfonamides is 1. The molecule has 5 nitrogen and oxygen atoms in total. The molecule has 0 unspecified atom stereocenters. The van der Waals surface area contributed by atoms with Crippen molar-refractivity contribution in [3.05, 3.63) is 39.2 Å². The molecule has 8 heteroatoms. The van der Waals surface area contributed by atoms with Crippen LogP contribution >= 0.6 is 22.9 Å². The van der Waals surface area contributed by atoms with E-state index >= 15 is 0 Å². The number of thiophene rings is 1. The van der Waals surface area contributed by atoms with Gasteiger partial charge in [-0.1, -0.05) is 18.5 Å². The molecule has 2 aromatic rings. The summed E-state index contributed by atoms with van der Waals surface area (Å²) in [5.74, 6) is 0.138. The average molecular weight is 346 g/mol. The maximum atomic E-state index is 12.6. The Morgan fingerprint density at radius 1 is 1.43 bits per heavy atom. The van der Waals surface area contributed by atoms with Crippen molar-refractivity contribution in [2.45, 2.75) is 25.3 Å². The topological polar surface area (TPSA) is 71.1 Å². The van der Waals surface area contributed by atoms with Crippen molar-refractivity contribution in [2.75, 3.05) is 11.3 Å². The van der Waals surface area contributed by atoms with Crippen molar-refractivity contribution < 1.29 is 8.42 Å². The second-order valence-corrected chi connectivity index (χ2v) is 7.38. The molecule has 0 aromatic carbocycles. The van der Waals surface area contributed by atoms with Gasteiger partial charge in [0.2, 0.25) is 0 Å². The molecule has 2 N–H and O–H groups in total. The van der Waals surface area contributed by atoms with Crippen molar-refractivity contribution in [3.63, 3.8) is 0 Å². The fraction of sp³-hybridized carbons (Fsp3) is 0.308. The predicted octanol–water partition coefficient (Wildman–Crippen LogP) is 3.02. The fourth-order valence-corrected chi connectivity index (χ4v) is 4.88. The van der Waals surface area contributed by atoms with E-state index in [0.29, 0.717) is 17.0 Å². The first kappa shape index (κ1) is 16.2. The van der Waals surface area contributed by atoms with E-state index in [9.17, 15) is 8.42 Å². The zero-order valence-electron chi connectivity index (χ0n) is 11.7. The third-order valence-electron chi connectivity index (χ3n) is 2.78. The Bertz CT molecular complexity index is 729. The summed E-state index contributed by atoms with van der Waals surface area (Å²) < 4.78 is 27.6. The molecule has 0 aliphatic heterocycles. The molecule has 21 heavy (non-hydrogen) atoms. The third-order valence-corrected chi connectivity index (χ3v) is 5.89. The second-order valence-electron chi connectivity index (χ2n) is 4.39. The first-order chi connectivity index (χ1) is 9.95. The normalized spacial score (nSPS) is 11.6. The Morgan fingerprint density at radius 2 is 2.19 bits per heavy atom. The van der Waals surface area contributed by atoms with Crippen LogP contribution in [0.1, 0.15) is 17.4 Å². The lowest BCUT2D eigenvalue weighted by atomic mass is 10.3. The van der Waals surface area contributed by atoms with E-state index in [2.05, 4.69) is 15.0 Å². The molecule has 2 heterocycles. The van der Waals surface area contributed by atoms with Gasteiger partial charge in [-0.2, -0.15) is 0 Å². The molecule has 0 fully saturated rings. The van der Waals surface area contributed by atoms with Gasteiger partial charge in [-0.3, -0.25) is 4.72 Å². The van der Waals surface area contributed by atoms with Crippen LogP contribution in [0.4, 0.5) is 5.82 Å². The largest absolute Gasteiger partial charge is 0.312 e. The number of nitrogens with zero attached hydrogens (tertiary/aromatic N) is 1. The summed E-state index contributed by atoms with van der Waals surface area (Å²) in [6.45, 7) is 5.04. The highest BCUT2D eigenvalue weighted by Crippen LogP contribution is 2.29. The van der Waals surface area contributed by atoms with Gasteiger partial charge in [-0.25, -0.2) is 13.4 Å². The molecule has 0 saturated heterocycles. The molecule has 0 aliphatic carbocycles. The summed E-state index contributed by atoms with van der Waals surface area (Å²) in [5, 5.41) is 5.24. The van der Waals surface area contributed by atoms with Crippen molar-refractivity contribution in [1.29, 1.82) is 0 Å². The SMILES string of the molecule is CCNCc1scc(C)c1S(=O)(=O)Nc1ncccc1Cl. The van der Waals surface area contributed by atoms with E-state index in [4.69, 9.17) is 11.6 Å². The van der Waals surface area contributed by atoms with Gasteiger partial charge in [0.15, 0.2) is 5.82 Å². The Kier molecular flexibility index (Phi) is 5.21.